The van der Waals surface area contributed by atoms with Crippen LogP contribution in [0.5, 0.6) is 11.5 Å². The summed E-state index contributed by atoms with van der Waals surface area (Å²) in [4.78, 5) is 15.9. The monoisotopic (exact) mass is 658 g/mol. The van der Waals surface area contributed by atoms with Crippen LogP contribution >= 0.6 is 24.0 Å². The summed E-state index contributed by atoms with van der Waals surface area (Å²) >= 11 is 6.85. The van der Waals surface area contributed by atoms with Gasteiger partial charge in [0.1, 0.15) is 10.0 Å². The van der Waals surface area contributed by atoms with Gasteiger partial charge in [-0.05, 0) is 66.8 Å². The number of para-hydroxylation sites is 1. The second kappa shape index (κ2) is 12.1. The average Bonchev–Trinajstić information content (AvgIpc) is 3.76. The minimum atomic E-state index is -3.67. The number of ether oxygens (including phenoxy) is 2. The van der Waals surface area contributed by atoms with Crippen molar-refractivity contribution in [3.8, 4) is 28.4 Å². The molecular weight excluding hydrogens is 629 g/mol. The zero-order chi connectivity index (χ0) is 31.1. The summed E-state index contributed by atoms with van der Waals surface area (Å²) in [5.74, 6) is 1.62. The highest BCUT2D eigenvalue weighted by atomic mass is 32.2. The normalized spacial score (nSPS) is 18.3. The van der Waals surface area contributed by atoms with E-state index in [-0.39, 0.29) is 17.6 Å². The molecule has 1 amide bonds. The van der Waals surface area contributed by atoms with Gasteiger partial charge >= 0.3 is 0 Å². The van der Waals surface area contributed by atoms with Gasteiger partial charge in [0.05, 0.1) is 22.0 Å². The minimum absolute atomic E-state index is 0.175. The number of fused-ring (bicyclic) bond motifs is 1. The Hall–Kier alpha value is -3.97. The quantitative estimate of drug-likeness (QED) is 0.174. The van der Waals surface area contributed by atoms with E-state index >= 15 is 0 Å². The van der Waals surface area contributed by atoms with Crippen LogP contribution in [-0.2, 0) is 21.4 Å². The molecule has 2 saturated heterocycles. The Bertz CT molecular complexity index is 1930. The fourth-order valence-corrected chi connectivity index (χ4v) is 8.37. The highest BCUT2D eigenvalue weighted by Gasteiger charge is 2.33. The summed E-state index contributed by atoms with van der Waals surface area (Å²) in [7, 11) is -3.67. The molecular formula is C33H30N4O5S3. The maximum absolute atomic E-state index is 13.6. The Kier molecular flexibility index (Phi) is 7.98. The number of thiocarbonyl (C=S) groups is 1. The van der Waals surface area contributed by atoms with Crippen LogP contribution in [0.2, 0.25) is 0 Å². The number of carbonyl (C=O) groups is 1. The largest absolute Gasteiger partial charge is 0.454 e. The fourth-order valence-electron chi connectivity index (χ4n) is 5.61. The molecule has 9 nitrogen and oxygen atoms in total. The maximum Gasteiger partial charge on any atom is 0.266 e. The third-order valence-electron chi connectivity index (χ3n) is 8.19. The van der Waals surface area contributed by atoms with Gasteiger partial charge < -0.3 is 9.47 Å². The molecule has 0 atom stereocenters. The zero-order valence-corrected chi connectivity index (χ0v) is 26.9. The number of amides is 1. The van der Waals surface area contributed by atoms with Crippen molar-refractivity contribution < 1.29 is 22.7 Å². The smallest absolute Gasteiger partial charge is 0.266 e. The third kappa shape index (κ3) is 5.90. The van der Waals surface area contributed by atoms with Gasteiger partial charge in [-0.25, -0.2) is 13.1 Å². The van der Waals surface area contributed by atoms with E-state index in [0.717, 1.165) is 24.1 Å². The first-order valence-corrected chi connectivity index (χ1v) is 17.3. The Morgan fingerprint density at radius 3 is 2.58 bits per heavy atom. The zero-order valence-electron chi connectivity index (χ0n) is 24.5. The van der Waals surface area contributed by atoms with Crippen molar-refractivity contribution in [2.45, 2.75) is 31.2 Å². The summed E-state index contributed by atoms with van der Waals surface area (Å²) in [6.45, 7) is 3.64. The van der Waals surface area contributed by atoms with Gasteiger partial charge in [0.25, 0.3) is 5.91 Å². The molecule has 3 aromatic carbocycles. The van der Waals surface area contributed by atoms with Crippen molar-refractivity contribution >= 4 is 50.3 Å². The van der Waals surface area contributed by atoms with E-state index in [9.17, 15) is 13.2 Å². The van der Waals surface area contributed by atoms with Gasteiger partial charge in [0.15, 0.2) is 11.5 Å². The predicted octanol–water partition coefficient (Wildman–Crippen LogP) is 6.09. The molecule has 0 unspecified atom stereocenters. The number of hydrogen-bond donors (Lipinski definition) is 0. The minimum Gasteiger partial charge on any atom is -0.454 e. The number of carbonyl (C=O) groups excluding carboxylic acids is 1. The van der Waals surface area contributed by atoms with Crippen molar-refractivity contribution in [1.82, 2.24) is 19.0 Å². The summed E-state index contributed by atoms with van der Waals surface area (Å²) in [6.07, 6.45) is 5.32. The van der Waals surface area contributed by atoms with Gasteiger partial charge in [-0.3, -0.25) is 9.69 Å². The molecule has 0 radical (unpaired) electrons. The summed E-state index contributed by atoms with van der Waals surface area (Å²) in [5, 5.41) is 4.87. The molecule has 45 heavy (non-hydrogen) atoms. The molecule has 0 aliphatic carbocycles. The van der Waals surface area contributed by atoms with Crippen LogP contribution in [0.1, 0.15) is 30.9 Å². The van der Waals surface area contributed by atoms with Crippen molar-refractivity contribution in [2.24, 2.45) is 5.92 Å². The highest BCUT2D eigenvalue weighted by Crippen LogP contribution is 2.38. The van der Waals surface area contributed by atoms with Crippen LogP contribution in [0.15, 0.2) is 88.8 Å². The Morgan fingerprint density at radius 2 is 1.78 bits per heavy atom. The summed E-state index contributed by atoms with van der Waals surface area (Å²) in [6, 6.07) is 22.1. The number of sulfonamides is 1. The van der Waals surface area contributed by atoms with Gasteiger partial charge in [-0.15, -0.1) is 0 Å². The van der Waals surface area contributed by atoms with Crippen LogP contribution in [-0.4, -0.2) is 57.5 Å². The van der Waals surface area contributed by atoms with Crippen molar-refractivity contribution in [3.05, 3.63) is 95.0 Å². The van der Waals surface area contributed by atoms with Gasteiger partial charge in [0, 0.05) is 30.4 Å². The number of thioether (sulfide) groups is 1. The molecule has 3 aliphatic rings. The summed E-state index contributed by atoms with van der Waals surface area (Å²) in [5.41, 5.74) is 3.57. The van der Waals surface area contributed by atoms with Crippen LogP contribution in [0.4, 0.5) is 0 Å². The van der Waals surface area contributed by atoms with Gasteiger partial charge in [-0.1, -0.05) is 67.3 Å². The molecule has 3 aliphatic heterocycles. The van der Waals surface area contributed by atoms with Crippen LogP contribution in [0.3, 0.4) is 0 Å². The number of hydrogen-bond acceptors (Lipinski definition) is 8. The molecule has 0 spiro atoms. The standard InChI is InChI=1S/C33H30N4O5S3/c1-22-12-14-35(15-13-22)45(39,40)27-9-5-6-24(17-27)31-25(20-37(34-31)26-7-3-2-4-8-26)18-30-32(38)36(33(43)44-30)19-23-10-11-28-29(16-23)42-21-41-28/h2-11,16-18,20,22H,12-15,19,21H2,1H3. The van der Waals surface area contributed by atoms with E-state index in [1.807, 2.05) is 60.8 Å². The number of aromatic nitrogens is 2. The average molecular weight is 659 g/mol. The van der Waals surface area contributed by atoms with E-state index in [1.165, 1.54) is 11.8 Å². The SMILES string of the molecule is CC1CCN(S(=O)(=O)c2cccc(-c3nn(-c4ccccc4)cc3C=C3SC(=S)N(Cc4ccc5c(c4)OCO5)C3=O)c2)CC1. The molecule has 2 fully saturated rings. The lowest BCUT2D eigenvalue weighted by Gasteiger charge is -2.29. The first-order chi connectivity index (χ1) is 21.8. The lowest BCUT2D eigenvalue weighted by atomic mass is 10.0. The van der Waals surface area contributed by atoms with E-state index in [0.29, 0.717) is 63.1 Å². The first kappa shape index (κ1) is 29.7. The summed E-state index contributed by atoms with van der Waals surface area (Å²) < 4.78 is 41.9. The molecule has 1 aromatic heterocycles. The second-order valence-electron chi connectivity index (χ2n) is 11.3. The topological polar surface area (TPSA) is 94.0 Å². The molecule has 4 aromatic rings. The lowest BCUT2D eigenvalue weighted by molar-refractivity contribution is -0.122. The van der Waals surface area contributed by atoms with E-state index in [4.69, 9.17) is 26.8 Å². The molecule has 0 bridgehead atoms. The molecule has 12 heteroatoms. The molecule has 230 valence electrons. The van der Waals surface area contributed by atoms with Crippen LogP contribution < -0.4 is 9.47 Å². The number of benzene rings is 3. The van der Waals surface area contributed by atoms with Gasteiger partial charge in [-0.2, -0.15) is 9.40 Å². The predicted molar refractivity (Wildman–Crippen MR) is 177 cm³/mol. The first-order valence-electron chi connectivity index (χ1n) is 14.7. The van der Waals surface area contributed by atoms with E-state index < -0.39 is 10.0 Å². The third-order valence-corrected chi connectivity index (χ3v) is 11.5. The Labute approximate surface area is 271 Å². The number of piperidine rings is 1. The Balaban J connectivity index is 1.23. The van der Waals surface area contributed by atoms with Crippen LogP contribution in [0.25, 0.3) is 23.0 Å². The van der Waals surface area contributed by atoms with E-state index in [2.05, 4.69) is 6.92 Å². The van der Waals surface area contributed by atoms with Gasteiger partial charge in [0.2, 0.25) is 16.8 Å². The number of nitrogens with zero attached hydrogens (tertiary/aromatic N) is 4. The van der Waals surface area contributed by atoms with Crippen molar-refractivity contribution in [2.75, 3.05) is 19.9 Å². The molecule has 7 rings (SSSR count). The molecule has 0 saturated carbocycles. The van der Waals surface area contributed by atoms with Crippen molar-refractivity contribution in [1.29, 1.82) is 0 Å². The van der Waals surface area contributed by atoms with E-state index in [1.54, 1.807) is 38.2 Å². The highest BCUT2D eigenvalue weighted by molar-refractivity contribution is 8.26. The maximum atomic E-state index is 13.6. The molecule has 4 heterocycles. The lowest BCUT2D eigenvalue weighted by Crippen LogP contribution is -2.37. The van der Waals surface area contributed by atoms with Crippen LogP contribution in [0, 0.1) is 5.92 Å². The second-order valence-corrected chi connectivity index (χ2v) is 14.9. The number of rotatable bonds is 7. The van der Waals surface area contributed by atoms with Crippen molar-refractivity contribution in [3.63, 3.8) is 0 Å². The fraction of sp³-hybridized carbons (Fsp3) is 0.242. The molecule has 0 N–H and O–H groups in total. The Morgan fingerprint density at radius 1 is 1.00 bits per heavy atom.